The van der Waals surface area contributed by atoms with Crippen molar-refractivity contribution in [2.75, 3.05) is 12.4 Å². The topological polar surface area (TPSA) is 93.4 Å². The summed E-state index contributed by atoms with van der Waals surface area (Å²) >= 11 is 0. The quantitative estimate of drug-likeness (QED) is 0.752. The number of rotatable bonds is 6. The Kier molecular flexibility index (Phi) is 6.00. The Balaban J connectivity index is 2.18. The average molecular weight is 341 g/mol. The van der Waals surface area contributed by atoms with Gasteiger partial charge in [-0.05, 0) is 41.8 Å². The van der Waals surface area contributed by atoms with Gasteiger partial charge in [-0.25, -0.2) is 4.79 Å². The smallest absolute Gasteiger partial charge is 0.316 e. The van der Waals surface area contributed by atoms with Crippen LogP contribution >= 0.6 is 0 Å². The first kappa shape index (κ1) is 18.3. The number of amides is 3. The average Bonchev–Trinajstić information content (AvgIpc) is 2.59. The highest BCUT2D eigenvalue weighted by Gasteiger charge is 2.19. The van der Waals surface area contributed by atoms with Crippen LogP contribution in [0.2, 0.25) is 0 Å². The summed E-state index contributed by atoms with van der Waals surface area (Å²) in [7, 11) is 1.61. The fraction of sp³-hybridized carbons (Fsp3) is 0.263. The van der Waals surface area contributed by atoms with Gasteiger partial charge in [0.05, 0.1) is 13.2 Å². The van der Waals surface area contributed by atoms with Crippen molar-refractivity contribution in [3.05, 3.63) is 59.7 Å². The molecule has 4 N–H and O–H groups in total. The number of methoxy groups -OCH3 is 1. The Bertz CT molecular complexity index is 742. The molecule has 6 heteroatoms. The van der Waals surface area contributed by atoms with Gasteiger partial charge in [0.25, 0.3) is 5.91 Å². The zero-order valence-corrected chi connectivity index (χ0v) is 14.6. The number of hydrogen-bond donors (Lipinski definition) is 3. The molecule has 0 radical (unpaired) electrons. The third-order valence-electron chi connectivity index (χ3n) is 3.82. The lowest BCUT2D eigenvalue weighted by Crippen LogP contribution is -2.31. The Morgan fingerprint density at radius 1 is 1.08 bits per heavy atom. The Labute approximate surface area is 147 Å². The minimum atomic E-state index is -0.671. The summed E-state index contributed by atoms with van der Waals surface area (Å²) in [6.07, 6.45) is 0. The highest BCUT2D eigenvalue weighted by Crippen LogP contribution is 2.24. The zero-order chi connectivity index (χ0) is 18.4. The number of urea groups is 1. The zero-order valence-electron chi connectivity index (χ0n) is 14.6. The number of nitrogens with one attached hydrogen (secondary N) is 2. The van der Waals surface area contributed by atoms with Crippen molar-refractivity contribution in [2.24, 2.45) is 11.7 Å². The standard InChI is InChI=1S/C19H23N3O3/c1-12(2)17(13-7-9-16(25-3)10-8-13)22-18(23)14-5-4-6-15(11-14)21-19(20)24/h4-12,17H,1-3H3,(H,22,23)(H3,20,21,24). The summed E-state index contributed by atoms with van der Waals surface area (Å²) in [5.74, 6) is 0.745. The van der Waals surface area contributed by atoms with Crippen LogP contribution in [-0.2, 0) is 0 Å². The number of benzene rings is 2. The summed E-state index contributed by atoms with van der Waals surface area (Å²) in [6.45, 7) is 4.08. The van der Waals surface area contributed by atoms with E-state index in [1.54, 1.807) is 31.4 Å². The fourth-order valence-electron chi connectivity index (χ4n) is 2.55. The number of carbonyl (C=O) groups is 2. The number of primary amides is 1. The van der Waals surface area contributed by atoms with Crippen LogP contribution in [0.25, 0.3) is 0 Å². The van der Waals surface area contributed by atoms with Crippen LogP contribution in [0.3, 0.4) is 0 Å². The van der Waals surface area contributed by atoms with Crippen molar-refractivity contribution in [1.82, 2.24) is 5.32 Å². The summed E-state index contributed by atoms with van der Waals surface area (Å²) < 4.78 is 5.17. The van der Waals surface area contributed by atoms with E-state index in [0.717, 1.165) is 11.3 Å². The summed E-state index contributed by atoms with van der Waals surface area (Å²) in [5.41, 5.74) is 7.03. The minimum Gasteiger partial charge on any atom is -0.497 e. The van der Waals surface area contributed by atoms with E-state index >= 15 is 0 Å². The van der Waals surface area contributed by atoms with Gasteiger partial charge < -0.3 is 21.1 Å². The van der Waals surface area contributed by atoms with Crippen molar-refractivity contribution in [3.63, 3.8) is 0 Å². The fourth-order valence-corrected chi connectivity index (χ4v) is 2.55. The molecule has 2 rings (SSSR count). The van der Waals surface area contributed by atoms with Gasteiger partial charge in [-0.2, -0.15) is 0 Å². The largest absolute Gasteiger partial charge is 0.497 e. The molecule has 0 aliphatic carbocycles. The summed E-state index contributed by atoms with van der Waals surface area (Å²) in [6, 6.07) is 13.4. The number of hydrogen-bond acceptors (Lipinski definition) is 3. The molecule has 0 fully saturated rings. The second kappa shape index (κ2) is 8.19. The first-order valence-corrected chi connectivity index (χ1v) is 8.02. The molecular weight excluding hydrogens is 318 g/mol. The summed E-state index contributed by atoms with van der Waals surface area (Å²) in [4.78, 5) is 23.6. The highest BCUT2D eigenvalue weighted by atomic mass is 16.5. The molecule has 2 aromatic carbocycles. The molecule has 6 nitrogen and oxygen atoms in total. The Morgan fingerprint density at radius 3 is 2.32 bits per heavy atom. The van der Waals surface area contributed by atoms with E-state index in [9.17, 15) is 9.59 Å². The van der Waals surface area contributed by atoms with E-state index < -0.39 is 6.03 Å². The Hall–Kier alpha value is -3.02. The molecular formula is C19H23N3O3. The molecule has 0 bridgehead atoms. The molecule has 0 heterocycles. The van der Waals surface area contributed by atoms with Gasteiger partial charge >= 0.3 is 6.03 Å². The maximum atomic E-state index is 12.6. The van der Waals surface area contributed by atoms with E-state index in [-0.39, 0.29) is 17.9 Å². The molecule has 0 saturated heterocycles. The predicted molar refractivity (Wildman–Crippen MR) is 97.7 cm³/mol. The van der Waals surface area contributed by atoms with Crippen molar-refractivity contribution in [2.45, 2.75) is 19.9 Å². The molecule has 1 atom stereocenters. The Morgan fingerprint density at radius 2 is 1.76 bits per heavy atom. The lowest BCUT2D eigenvalue weighted by Gasteiger charge is -2.23. The van der Waals surface area contributed by atoms with E-state index in [1.165, 1.54) is 0 Å². The lowest BCUT2D eigenvalue weighted by molar-refractivity contribution is 0.0925. The molecule has 0 aromatic heterocycles. The van der Waals surface area contributed by atoms with Crippen LogP contribution in [0.4, 0.5) is 10.5 Å². The number of carbonyl (C=O) groups excluding carboxylic acids is 2. The monoisotopic (exact) mass is 341 g/mol. The second-order valence-corrected chi connectivity index (χ2v) is 6.04. The van der Waals surface area contributed by atoms with E-state index in [4.69, 9.17) is 10.5 Å². The van der Waals surface area contributed by atoms with Gasteiger partial charge in [-0.1, -0.05) is 32.0 Å². The van der Waals surface area contributed by atoms with Crippen LogP contribution in [0.1, 0.15) is 35.8 Å². The van der Waals surface area contributed by atoms with Gasteiger partial charge in [-0.3, -0.25) is 4.79 Å². The molecule has 2 aromatic rings. The van der Waals surface area contributed by atoms with Crippen molar-refractivity contribution >= 4 is 17.6 Å². The van der Waals surface area contributed by atoms with Crippen molar-refractivity contribution in [1.29, 1.82) is 0 Å². The van der Waals surface area contributed by atoms with Gasteiger partial charge in [0.2, 0.25) is 0 Å². The van der Waals surface area contributed by atoms with Crippen LogP contribution in [-0.4, -0.2) is 19.0 Å². The second-order valence-electron chi connectivity index (χ2n) is 6.04. The van der Waals surface area contributed by atoms with Gasteiger partial charge in [0.15, 0.2) is 0 Å². The van der Waals surface area contributed by atoms with Gasteiger partial charge in [0, 0.05) is 11.3 Å². The first-order valence-electron chi connectivity index (χ1n) is 8.02. The third kappa shape index (κ3) is 4.97. The minimum absolute atomic E-state index is 0.147. The van der Waals surface area contributed by atoms with Crippen LogP contribution in [0, 0.1) is 5.92 Å². The van der Waals surface area contributed by atoms with E-state index in [2.05, 4.69) is 10.6 Å². The van der Waals surface area contributed by atoms with E-state index in [0.29, 0.717) is 11.3 Å². The van der Waals surface area contributed by atoms with Crippen LogP contribution in [0.15, 0.2) is 48.5 Å². The predicted octanol–water partition coefficient (Wildman–Crippen LogP) is 3.31. The van der Waals surface area contributed by atoms with Crippen molar-refractivity contribution in [3.8, 4) is 5.75 Å². The molecule has 0 saturated carbocycles. The molecule has 3 amide bonds. The van der Waals surface area contributed by atoms with Gasteiger partial charge in [-0.15, -0.1) is 0 Å². The molecule has 0 aliphatic rings. The maximum absolute atomic E-state index is 12.6. The first-order chi connectivity index (χ1) is 11.9. The van der Waals surface area contributed by atoms with Crippen molar-refractivity contribution < 1.29 is 14.3 Å². The highest BCUT2D eigenvalue weighted by molar-refractivity contribution is 5.96. The molecule has 0 aliphatic heterocycles. The van der Waals surface area contributed by atoms with Gasteiger partial charge in [0.1, 0.15) is 5.75 Å². The number of ether oxygens (including phenoxy) is 1. The number of anilines is 1. The summed E-state index contributed by atoms with van der Waals surface area (Å²) in [5, 5.41) is 5.51. The molecule has 132 valence electrons. The van der Waals surface area contributed by atoms with Crippen LogP contribution < -0.4 is 21.1 Å². The SMILES string of the molecule is COc1ccc(C(NC(=O)c2cccc(NC(N)=O)c2)C(C)C)cc1. The molecule has 0 spiro atoms. The normalized spacial score (nSPS) is 11.7. The maximum Gasteiger partial charge on any atom is 0.316 e. The number of nitrogens with two attached hydrogens (primary N) is 1. The lowest BCUT2D eigenvalue weighted by atomic mass is 9.95. The van der Waals surface area contributed by atoms with Crippen LogP contribution in [0.5, 0.6) is 5.75 Å². The molecule has 25 heavy (non-hydrogen) atoms. The molecule has 1 unspecified atom stereocenters. The van der Waals surface area contributed by atoms with E-state index in [1.807, 2.05) is 38.1 Å². The third-order valence-corrected chi connectivity index (χ3v) is 3.82.